The van der Waals surface area contributed by atoms with Crippen molar-refractivity contribution < 1.29 is 24.0 Å². The molecular formula is C47H51IN8O5. The van der Waals surface area contributed by atoms with E-state index < -0.39 is 53.7 Å². The number of nitrogens with two attached hydrogens (primary N) is 3. The van der Waals surface area contributed by atoms with Gasteiger partial charge in [-0.15, -0.1) is 0 Å². The lowest BCUT2D eigenvalue weighted by molar-refractivity contribution is -0.134. The van der Waals surface area contributed by atoms with E-state index in [9.17, 15) is 24.0 Å². The van der Waals surface area contributed by atoms with Crippen LogP contribution >= 0.6 is 22.6 Å². The number of rotatable bonds is 20. The van der Waals surface area contributed by atoms with Crippen molar-refractivity contribution in [3.8, 4) is 22.3 Å². The van der Waals surface area contributed by atoms with E-state index in [1.165, 1.54) is 6.92 Å². The second kappa shape index (κ2) is 22.7. The molecule has 0 aromatic heterocycles. The fraction of sp³-hybridized carbons (Fsp3) is 0.234. The third-order valence-corrected chi connectivity index (χ3v) is 10.6. The summed E-state index contributed by atoms with van der Waals surface area (Å²) in [6.07, 6.45) is 0.706. The number of halogens is 1. The van der Waals surface area contributed by atoms with Gasteiger partial charge < -0.3 is 38.5 Å². The molecule has 0 saturated carbocycles. The van der Waals surface area contributed by atoms with Gasteiger partial charge in [-0.3, -0.25) is 29.0 Å². The number of primary amides is 1. The SMILES string of the molecule is CC(=O)N[C@@H](Cc1ccc(-c2ccccc2)cc1)C(=O)N[C@@H](CCCN=C(N)N)C(=O)N[C@H](Cc1ccc(I)cc1)C(=O)N[C@@H](Cc1ccc(-c2ccccc2)cc1)C(N)=O. The van der Waals surface area contributed by atoms with Gasteiger partial charge in [-0.2, -0.15) is 0 Å². The number of nitrogens with zero attached hydrogens (tertiary/aromatic N) is 1. The van der Waals surface area contributed by atoms with Crippen molar-refractivity contribution in [2.45, 2.75) is 63.2 Å². The smallest absolute Gasteiger partial charge is 0.243 e. The molecule has 61 heavy (non-hydrogen) atoms. The number of guanidine groups is 1. The molecule has 5 aromatic carbocycles. The normalized spacial score (nSPS) is 12.8. The van der Waals surface area contributed by atoms with Crippen molar-refractivity contribution in [2.75, 3.05) is 6.54 Å². The van der Waals surface area contributed by atoms with Crippen molar-refractivity contribution in [1.29, 1.82) is 0 Å². The van der Waals surface area contributed by atoms with Gasteiger partial charge in [-0.05, 0) is 86.5 Å². The summed E-state index contributed by atoms with van der Waals surface area (Å²) in [6, 6.07) is 37.9. The van der Waals surface area contributed by atoms with Crippen LogP contribution in [0.15, 0.2) is 138 Å². The van der Waals surface area contributed by atoms with E-state index >= 15 is 0 Å². The van der Waals surface area contributed by atoms with E-state index in [0.29, 0.717) is 6.42 Å². The molecule has 0 saturated heterocycles. The van der Waals surface area contributed by atoms with Gasteiger partial charge in [0.05, 0.1) is 0 Å². The summed E-state index contributed by atoms with van der Waals surface area (Å²) in [7, 11) is 0. The van der Waals surface area contributed by atoms with E-state index in [4.69, 9.17) is 17.2 Å². The summed E-state index contributed by atoms with van der Waals surface area (Å²) in [5.41, 5.74) is 23.2. The number of hydrogen-bond donors (Lipinski definition) is 7. The maximum atomic E-state index is 14.2. The number of nitrogens with one attached hydrogen (secondary N) is 4. The van der Waals surface area contributed by atoms with Crippen LogP contribution in [-0.4, -0.2) is 66.2 Å². The van der Waals surface area contributed by atoms with Crippen LogP contribution in [0.5, 0.6) is 0 Å². The van der Waals surface area contributed by atoms with Crippen molar-refractivity contribution >= 4 is 58.1 Å². The Bertz CT molecular complexity index is 2270. The Kier molecular flexibility index (Phi) is 17.0. The Morgan fingerprint density at radius 2 is 0.885 bits per heavy atom. The second-order valence-corrected chi connectivity index (χ2v) is 15.9. The molecule has 0 aliphatic heterocycles. The lowest BCUT2D eigenvalue weighted by Crippen LogP contribution is -2.59. The molecule has 0 fully saturated rings. The molecule has 0 bridgehead atoms. The molecule has 0 aliphatic rings. The summed E-state index contributed by atoms with van der Waals surface area (Å²) in [4.78, 5) is 71.4. The van der Waals surface area contributed by atoms with Crippen LogP contribution < -0.4 is 38.5 Å². The highest BCUT2D eigenvalue weighted by Gasteiger charge is 2.31. The molecule has 4 atom stereocenters. The summed E-state index contributed by atoms with van der Waals surface area (Å²) >= 11 is 2.17. The van der Waals surface area contributed by atoms with Gasteiger partial charge in [0.2, 0.25) is 29.5 Å². The van der Waals surface area contributed by atoms with Crippen molar-refractivity contribution in [1.82, 2.24) is 21.3 Å². The van der Waals surface area contributed by atoms with E-state index in [1.54, 1.807) is 0 Å². The predicted octanol–water partition coefficient (Wildman–Crippen LogP) is 4.15. The fourth-order valence-electron chi connectivity index (χ4n) is 6.73. The average Bonchev–Trinajstić information content (AvgIpc) is 3.25. The molecule has 10 N–H and O–H groups in total. The van der Waals surface area contributed by atoms with Crippen LogP contribution in [0.25, 0.3) is 22.3 Å². The number of hydrogen-bond acceptors (Lipinski definition) is 6. The third-order valence-electron chi connectivity index (χ3n) is 9.92. The number of benzene rings is 5. The van der Waals surface area contributed by atoms with Crippen LogP contribution in [0.2, 0.25) is 0 Å². The molecular weight excluding hydrogens is 883 g/mol. The highest BCUT2D eigenvalue weighted by molar-refractivity contribution is 14.1. The van der Waals surface area contributed by atoms with Gasteiger partial charge in [0.25, 0.3) is 0 Å². The summed E-state index contributed by atoms with van der Waals surface area (Å²) < 4.78 is 0.975. The molecule has 0 radical (unpaired) electrons. The van der Waals surface area contributed by atoms with Gasteiger partial charge in [0, 0.05) is 36.3 Å². The minimum absolute atomic E-state index is 0.0634. The highest BCUT2D eigenvalue weighted by atomic mass is 127. The van der Waals surface area contributed by atoms with Crippen LogP contribution in [0.4, 0.5) is 0 Å². The van der Waals surface area contributed by atoms with E-state index in [0.717, 1.165) is 42.5 Å². The third kappa shape index (κ3) is 14.6. The van der Waals surface area contributed by atoms with E-state index in [1.807, 2.05) is 133 Å². The topological polar surface area (TPSA) is 224 Å². The van der Waals surface area contributed by atoms with Gasteiger partial charge in [-0.1, -0.05) is 121 Å². The lowest BCUT2D eigenvalue weighted by Gasteiger charge is -2.26. The van der Waals surface area contributed by atoms with Gasteiger partial charge in [0.1, 0.15) is 24.2 Å². The first-order valence-electron chi connectivity index (χ1n) is 19.9. The summed E-state index contributed by atoms with van der Waals surface area (Å²) in [6.45, 7) is 1.48. The molecule has 0 unspecified atom stereocenters. The molecule has 0 spiro atoms. The number of aliphatic imine (C=N–C) groups is 1. The summed E-state index contributed by atoms with van der Waals surface area (Å²) in [5.74, 6) is -3.21. The molecule has 5 amide bonds. The largest absolute Gasteiger partial charge is 0.370 e. The minimum Gasteiger partial charge on any atom is -0.370 e. The van der Waals surface area contributed by atoms with E-state index in [2.05, 4.69) is 48.9 Å². The first kappa shape index (κ1) is 45.5. The molecule has 5 rings (SSSR count). The summed E-state index contributed by atoms with van der Waals surface area (Å²) in [5, 5.41) is 11.1. The quantitative estimate of drug-likeness (QED) is 0.0261. The maximum Gasteiger partial charge on any atom is 0.243 e. The highest BCUT2D eigenvalue weighted by Crippen LogP contribution is 2.21. The second-order valence-electron chi connectivity index (χ2n) is 14.7. The van der Waals surface area contributed by atoms with Gasteiger partial charge in [0.15, 0.2) is 5.96 Å². The predicted molar refractivity (Wildman–Crippen MR) is 247 cm³/mol. The average molecular weight is 935 g/mol. The molecule has 0 heterocycles. The fourth-order valence-corrected chi connectivity index (χ4v) is 7.09. The zero-order chi connectivity index (χ0) is 43.7. The Labute approximate surface area is 369 Å². The molecule has 13 nitrogen and oxygen atoms in total. The Balaban J connectivity index is 1.34. The standard InChI is InChI=1S/C47H51IN8O5/c1-30(57)53-41(28-32-16-22-37(23-17-32)35-11-6-3-7-12-35)45(60)54-39(13-8-26-52-47(50)51)44(59)56-42(29-33-18-24-38(48)25-19-33)46(61)55-40(43(49)58)27-31-14-20-36(21-15-31)34-9-4-2-5-10-34/h2-7,9-12,14-25,39-42H,8,13,26-29H2,1H3,(H2,49,58)(H,53,57)(H,54,60)(H,55,61)(H,56,59)(H4,50,51,52)/t39-,40-,41-,42+/m0/s1. The van der Waals surface area contributed by atoms with E-state index in [-0.39, 0.29) is 38.2 Å². The Morgan fingerprint density at radius 1 is 0.508 bits per heavy atom. The molecule has 5 aromatic rings. The van der Waals surface area contributed by atoms with Crippen molar-refractivity contribution in [3.05, 3.63) is 154 Å². The lowest BCUT2D eigenvalue weighted by atomic mass is 9.99. The molecule has 316 valence electrons. The minimum atomic E-state index is -1.18. The zero-order valence-electron chi connectivity index (χ0n) is 33.9. The monoisotopic (exact) mass is 934 g/mol. The first-order valence-corrected chi connectivity index (χ1v) is 21.0. The first-order chi connectivity index (χ1) is 29.3. The number of carbonyl (C=O) groups excluding carboxylic acids is 5. The van der Waals surface area contributed by atoms with Crippen molar-refractivity contribution in [3.63, 3.8) is 0 Å². The van der Waals surface area contributed by atoms with Gasteiger partial charge >= 0.3 is 0 Å². The van der Waals surface area contributed by atoms with Crippen LogP contribution in [0.3, 0.4) is 0 Å². The number of amides is 5. The Morgan fingerprint density at radius 3 is 1.33 bits per heavy atom. The van der Waals surface area contributed by atoms with Crippen LogP contribution in [-0.2, 0) is 43.2 Å². The Hall–Kier alpha value is -6.55. The molecule has 14 heteroatoms. The van der Waals surface area contributed by atoms with Crippen molar-refractivity contribution in [2.24, 2.45) is 22.2 Å². The van der Waals surface area contributed by atoms with Crippen LogP contribution in [0, 0.1) is 3.57 Å². The number of carbonyl (C=O) groups is 5. The zero-order valence-corrected chi connectivity index (χ0v) is 36.0. The maximum absolute atomic E-state index is 14.2. The van der Waals surface area contributed by atoms with Crippen LogP contribution in [0.1, 0.15) is 36.5 Å². The van der Waals surface area contributed by atoms with Gasteiger partial charge in [-0.25, -0.2) is 0 Å². The molecule has 0 aliphatic carbocycles.